The maximum atomic E-state index is 11.4. The van der Waals surface area contributed by atoms with E-state index in [2.05, 4.69) is 6.92 Å². The summed E-state index contributed by atoms with van der Waals surface area (Å²) in [6.45, 7) is 2.53. The van der Waals surface area contributed by atoms with E-state index in [4.69, 9.17) is 4.74 Å². The standard InChI is InChI=1S/C15H20O4/c1-2-3-4-5-10-19-15(18)9-6-12-11-13(16)7-8-14(12)17/h6-9,11,16-17H,2-5,10H2,1H3/b9-6+. The number of hydrogen-bond donors (Lipinski definition) is 2. The molecule has 4 nitrogen and oxygen atoms in total. The zero-order valence-corrected chi connectivity index (χ0v) is 11.1. The fourth-order valence-corrected chi connectivity index (χ4v) is 1.58. The number of phenols is 2. The van der Waals surface area contributed by atoms with Crippen LogP contribution in [0.25, 0.3) is 6.08 Å². The molecule has 0 amide bonds. The van der Waals surface area contributed by atoms with Crippen LogP contribution in [-0.4, -0.2) is 22.8 Å². The minimum Gasteiger partial charge on any atom is -0.508 e. The highest BCUT2D eigenvalue weighted by Gasteiger charge is 2.01. The highest BCUT2D eigenvalue weighted by atomic mass is 16.5. The van der Waals surface area contributed by atoms with E-state index in [1.54, 1.807) is 0 Å². The number of carbonyl (C=O) groups is 1. The molecule has 2 N–H and O–H groups in total. The average Bonchev–Trinajstić information content (AvgIpc) is 2.39. The van der Waals surface area contributed by atoms with E-state index in [1.165, 1.54) is 30.4 Å². The third-order valence-electron chi connectivity index (χ3n) is 2.65. The van der Waals surface area contributed by atoms with Gasteiger partial charge in [0.25, 0.3) is 0 Å². The predicted octanol–water partition coefficient (Wildman–Crippen LogP) is 3.23. The van der Waals surface area contributed by atoms with Crippen LogP contribution < -0.4 is 0 Å². The van der Waals surface area contributed by atoms with Gasteiger partial charge in [-0.2, -0.15) is 0 Å². The Labute approximate surface area is 113 Å². The van der Waals surface area contributed by atoms with Crippen molar-refractivity contribution in [1.82, 2.24) is 0 Å². The summed E-state index contributed by atoms with van der Waals surface area (Å²) in [6.07, 6.45) is 6.87. The average molecular weight is 264 g/mol. The fraction of sp³-hybridized carbons (Fsp3) is 0.400. The van der Waals surface area contributed by atoms with Crippen LogP contribution in [0.2, 0.25) is 0 Å². The van der Waals surface area contributed by atoms with Gasteiger partial charge in [-0.05, 0) is 30.7 Å². The number of esters is 1. The van der Waals surface area contributed by atoms with Gasteiger partial charge in [-0.25, -0.2) is 4.79 Å². The van der Waals surface area contributed by atoms with E-state index in [-0.39, 0.29) is 11.5 Å². The Hall–Kier alpha value is -1.97. The van der Waals surface area contributed by atoms with Crippen molar-refractivity contribution in [3.63, 3.8) is 0 Å². The molecule has 4 heteroatoms. The van der Waals surface area contributed by atoms with Crippen molar-refractivity contribution < 1.29 is 19.7 Å². The Kier molecular flexibility index (Phi) is 6.50. The smallest absolute Gasteiger partial charge is 0.330 e. The second kappa shape index (κ2) is 8.19. The van der Waals surface area contributed by atoms with Crippen molar-refractivity contribution in [1.29, 1.82) is 0 Å². The molecule has 0 bridgehead atoms. The van der Waals surface area contributed by atoms with Gasteiger partial charge < -0.3 is 14.9 Å². The highest BCUT2D eigenvalue weighted by molar-refractivity contribution is 5.87. The molecule has 0 aliphatic rings. The van der Waals surface area contributed by atoms with Crippen molar-refractivity contribution in [3.8, 4) is 11.5 Å². The lowest BCUT2D eigenvalue weighted by atomic mass is 10.2. The molecule has 0 aliphatic heterocycles. The first-order valence-corrected chi connectivity index (χ1v) is 6.50. The van der Waals surface area contributed by atoms with Crippen molar-refractivity contribution in [3.05, 3.63) is 29.8 Å². The number of aromatic hydroxyl groups is 2. The Morgan fingerprint density at radius 1 is 1.26 bits per heavy atom. The third-order valence-corrected chi connectivity index (χ3v) is 2.65. The van der Waals surface area contributed by atoms with E-state index in [9.17, 15) is 15.0 Å². The third kappa shape index (κ3) is 5.95. The SMILES string of the molecule is CCCCCCOC(=O)/C=C/c1cc(O)ccc1O. The first kappa shape index (κ1) is 15.1. The van der Waals surface area contributed by atoms with Gasteiger partial charge in [0, 0.05) is 11.6 Å². The second-order valence-electron chi connectivity index (χ2n) is 4.30. The molecule has 0 spiro atoms. The molecular weight excluding hydrogens is 244 g/mol. The molecule has 1 aromatic rings. The Balaban J connectivity index is 2.39. The zero-order valence-electron chi connectivity index (χ0n) is 11.1. The minimum atomic E-state index is -0.445. The Bertz CT molecular complexity index is 438. The first-order valence-electron chi connectivity index (χ1n) is 6.50. The Morgan fingerprint density at radius 2 is 2.05 bits per heavy atom. The van der Waals surface area contributed by atoms with Crippen molar-refractivity contribution in [2.45, 2.75) is 32.6 Å². The maximum absolute atomic E-state index is 11.4. The van der Waals surface area contributed by atoms with Gasteiger partial charge in [0.05, 0.1) is 6.61 Å². The van der Waals surface area contributed by atoms with Crippen molar-refractivity contribution in [2.24, 2.45) is 0 Å². The van der Waals surface area contributed by atoms with Gasteiger partial charge >= 0.3 is 5.97 Å². The molecule has 1 rings (SSSR count). The summed E-state index contributed by atoms with van der Waals surface area (Å²) in [5.74, 6) is -0.408. The lowest BCUT2D eigenvalue weighted by Crippen LogP contribution is -2.02. The Morgan fingerprint density at radius 3 is 2.79 bits per heavy atom. The van der Waals surface area contributed by atoms with E-state index in [0.29, 0.717) is 12.2 Å². The molecule has 0 aliphatic carbocycles. The zero-order chi connectivity index (χ0) is 14.1. The van der Waals surface area contributed by atoms with E-state index < -0.39 is 5.97 Å². The molecule has 0 atom stereocenters. The van der Waals surface area contributed by atoms with Gasteiger partial charge in [-0.1, -0.05) is 26.2 Å². The van der Waals surface area contributed by atoms with Gasteiger partial charge in [0.1, 0.15) is 11.5 Å². The lowest BCUT2D eigenvalue weighted by molar-refractivity contribution is -0.137. The van der Waals surface area contributed by atoms with Crippen LogP contribution in [0.5, 0.6) is 11.5 Å². The largest absolute Gasteiger partial charge is 0.508 e. The number of rotatable bonds is 7. The van der Waals surface area contributed by atoms with Gasteiger partial charge in [-0.15, -0.1) is 0 Å². The summed E-state index contributed by atoms with van der Waals surface area (Å²) in [6, 6.07) is 4.12. The molecule has 104 valence electrons. The summed E-state index contributed by atoms with van der Waals surface area (Å²) in [4.78, 5) is 11.4. The number of ether oxygens (including phenoxy) is 1. The number of hydrogen-bond acceptors (Lipinski definition) is 4. The minimum absolute atomic E-state index is 0.00444. The number of unbranched alkanes of at least 4 members (excludes halogenated alkanes) is 3. The molecule has 0 unspecified atom stereocenters. The summed E-state index contributed by atoms with van der Waals surface area (Å²) in [5.41, 5.74) is 0.378. The lowest BCUT2D eigenvalue weighted by Gasteiger charge is -2.02. The van der Waals surface area contributed by atoms with Crippen LogP contribution in [0.15, 0.2) is 24.3 Å². The summed E-state index contributed by atoms with van der Waals surface area (Å²) >= 11 is 0. The topological polar surface area (TPSA) is 66.8 Å². The number of phenolic OH excluding ortho intramolecular Hbond substituents is 2. The monoisotopic (exact) mass is 264 g/mol. The first-order chi connectivity index (χ1) is 9.13. The highest BCUT2D eigenvalue weighted by Crippen LogP contribution is 2.23. The number of carbonyl (C=O) groups excluding carboxylic acids is 1. The van der Waals surface area contributed by atoms with Gasteiger partial charge in [-0.3, -0.25) is 0 Å². The molecule has 0 saturated carbocycles. The van der Waals surface area contributed by atoms with Crippen LogP contribution in [-0.2, 0) is 9.53 Å². The predicted molar refractivity (Wildman–Crippen MR) is 73.9 cm³/mol. The van der Waals surface area contributed by atoms with Crippen LogP contribution in [0, 0.1) is 0 Å². The summed E-state index contributed by atoms with van der Waals surface area (Å²) in [7, 11) is 0. The second-order valence-corrected chi connectivity index (χ2v) is 4.30. The van der Waals surface area contributed by atoms with E-state index >= 15 is 0 Å². The molecule has 0 saturated heterocycles. The molecule has 1 aromatic carbocycles. The van der Waals surface area contributed by atoms with E-state index in [0.717, 1.165) is 25.7 Å². The van der Waals surface area contributed by atoms with Crippen molar-refractivity contribution in [2.75, 3.05) is 6.61 Å². The van der Waals surface area contributed by atoms with Gasteiger partial charge in [0.15, 0.2) is 0 Å². The molecule has 0 fully saturated rings. The molecular formula is C15H20O4. The maximum Gasteiger partial charge on any atom is 0.330 e. The van der Waals surface area contributed by atoms with Crippen LogP contribution in [0.4, 0.5) is 0 Å². The normalized spacial score (nSPS) is 10.8. The van der Waals surface area contributed by atoms with Crippen LogP contribution >= 0.6 is 0 Å². The molecule has 0 radical (unpaired) electrons. The van der Waals surface area contributed by atoms with Gasteiger partial charge in [0.2, 0.25) is 0 Å². The molecule has 19 heavy (non-hydrogen) atoms. The van der Waals surface area contributed by atoms with Crippen LogP contribution in [0.1, 0.15) is 38.2 Å². The molecule has 0 aromatic heterocycles. The van der Waals surface area contributed by atoms with Crippen molar-refractivity contribution >= 4 is 12.0 Å². The van der Waals surface area contributed by atoms with E-state index in [1.807, 2.05) is 0 Å². The quantitative estimate of drug-likeness (QED) is 0.343. The molecule has 0 heterocycles. The fourth-order valence-electron chi connectivity index (χ4n) is 1.58. The number of benzene rings is 1. The summed E-state index contributed by atoms with van der Waals surface area (Å²) < 4.78 is 5.01. The summed E-state index contributed by atoms with van der Waals surface area (Å²) in [5, 5.41) is 18.8. The van der Waals surface area contributed by atoms with Crippen LogP contribution in [0.3, 0.4) is 0 Å².